The van der Waals surface area contributed by atoms with Gasteiger partial charge in [-0.3, -0.25) is 9.78 Å². The standard InChI is InChI=1S/C21H21N5O3/c1-26(13-10-15-8-11-22-12-9-15)19-7-6-18(24-25-19)20(27)23-17-5-3-4-16(14-17)21(28)29-2/h3-9,11-12,14H,10,13H2,1-2H3,(H,23,27). The fourth-order valence-corrected chi connectivity index (χ4v) is 2.65. The third-order valence-electron chi connectivity index (χ3n) is 4.30. The van der Waals surface area contributed by atoms with Crippen LogP contribution in [0.5, 0.6) is 0 Å². The second-order valence-electron chi connectivity index (χ2n) is 6.33. The zero-order chi connectivity index (χ0) is 20.6. The minimum absolute atomic E-state index is 0.180. The summed E-state index contributed by atoms with van der Waals surface area (Å²) in [5.74, 6) is -0.214. The van der Waals surface area contributed by atoms with Crippen LogP contribution < -0.4 is 10.2 Å². The number of carbonyl (C=O) groups excluding carboxylic acids is 2. The molecule has 0 spiro atoms. The predicted octanol–water partition coefficient (Wildman–Crippen LogP) is 2.59. The molecular weight excluding hydrogens is 370 g/mol. The summed E-state index contributed by atoms with van der Waals surface area (Å²) in [4.78, 5) is 30.0. The molecule has 8 nitrogen and oxygen atoms in total. The molecule has 0 saturated heterocycles. The van der Waals surface area contributed by atoms with Crippen molar-refractivity contribution in [1.29, 1.82) is 0 Å². The van der Waals surface area contributed by atoms with E-state index in [1.54, 1.807) is 48.8 Å². The molecule has 0 atom stereocenters. The fourth-order valence-electron chi connectivity index (χ4n) is 2.65. The van der Waals surface area contributed by atoms with E-state index in [0.29, 0.717) is 17.1 Å². The maximum Gasteiger partial charge on any atom is 0.337 e. The Balaban J connectivity index is 1.60. The van der Waals surface area contributed by atoms with E-state index in [9.17, 15) is 9.59 Å². The van der Waals surface area contributed by atoms with Crippen LogP contribution in [0.15, 0.2) is 60.9 Å². The van der Waals surface area contributed by atoms with Crippen LogP contribution in [0.25, 0.3) is 0 Å². The van der Waals surface area contributed by atoms with Crippen LogP contribution in [0.3, 0.4) is 0 Å². The number of pyridine rings is 1. The van der Waals surface area contributed by atoms with E-state index in [0.717, 1.165) is 13.0 Å². The van der Waals surface area contributed by atoms with Crippen molar-refractivity contribution in [1.82, 2.24) is 15.2 Å². The van der Waals surface area contributed by atoms with Gasteiger partial charge in [-0.15, -0.1) is 10.2 Å². The van der Waals surface area contributed by atoms with Crippen molar-refractivity contribution < 1.29 is 14.3 Å². The van der Waals surface area contributed by atoms with Crippen molar-refractivity contribution in [3.8, 4) is 0 Å². The minimum atomic E-state index is -0.472. The molecule has 0 aliphatic heterocycles. The Morgan fingerprint density at radius 2 is 1.86 bits per heavy atom. The Morgan fingerprint density at radius 3 is 2.55 bits per heavy atom. The summed E-state index contributed by atoms with van der Waals surface area (Å²) in [7, 11) is 3.22. The molecule has 0 radical (unpaired) electrons. The molecule has 3 aromatic rings. The number of likely N-dealkylation sites (N-methyl/N-ethyl adjacent to an activating group) is 1. The van der Waals surface area contributed by atoms with E-state index in [2.05, 4.69) is 25.2 Å². The lowest BCUT2D eigenvalue weighted by Gasteiger charge is -2.17. The lowest BCUT2D eigenvalue weighted by Crippen LogP contribution is -2.22. The first-order valence-electron chi connectivity index (χ1n) is 9.00. The van der Waals surface area contributed by atoms with Gasteiger partial charge in [0, 0.05) is 31.7 Å². The monoisotopic (exact) mass is 391 g/mol. The quantitative estimate of drug-likeness (QED) is 0.618. The molecule has 1 aromatic carbocycles. The van der Waals surface area contributed by atoms with Crippen molar-refractivity contribution in [2.75, 3.05) is 30.9 Å². The summed E-state index contributed by atoms with van der Waals surface area (Å²) in [5.41, 5.74) is 2.19. The average Bonchev–Trinajstić information content (AvgIpc) is 2.78. The smallest absolute Gasteiger partial charge is 0.337 e. The molecule has 29 heavy (non-hydrogen) atoms. The number of amides is 1. The Bertz CT molecular complexity index is 977. The number of benzene rings is 1. The van der Waals surface area contributed by atoms with Crippen LogP contribution in [-0.4, -0.2) is 47.8 Å². The number of ether oxygens (including phenoxy) is 1. The van der Waals surface area contributed by atoms with Crippen molar-refractivity contribution in [2.24, 2.45) is 0 Å². The first-order chi connectivity index (χ1) is 14.1. The molecule has 0 fully saturated rings. The maximum absolute atomic E-state index is 12.4. The van der Waals surface area contributed by atoms with Crippen LogP contribution in [0.4, 0.5) is 11.5 Å². The Hall–Kier alpha value is -3.81. The molecule has 1 N–H and O–H groups in total. The number of methoxy groups -OCH3 is 1. The molecule has 148 valence electrons. The summed E-state index contributed by atoms with van der Waals surface area (Å²) in [6.07, 6.45) is 4.38. The van der Waals surface area contributed by atoms with Crippen molar-refractivity contribution >= 4 is 23.4 Å². The number of nitrogens with zero attached hydrogens (tertiary/aromatic N) is 4. The summed E-state index contributed by atoms with van der Waals surface area (Å²) >= 11 is 0. The summed E-state index contributed by atoms with van der Waals surface area (Å²) in [6.45, 7) is 0.755. The van der Waals surface area contributed by atoms with Crippen LogP contribution in [-0.2, 0) is 11.2 Å². The van der Waals surface area contributed by atoms with Gasteiger partial charge in [0.15, 0.2) is 11.5 Å². The van der Waals surface area contributed by atoms with Gasteiger partial charge >= 0.3 is 5.97 Å². The van der Waals surface area contributed by atoms with Gasteiger partial charge in [0.05, 0.1) is 12.7 Å². The van der Waals surface area contributed by atoms with Gasteiger partial charge < -0.3 is 15.0 Å². The number of aromatic nitrogens is 3. The minimum Gasteiger partial charge on any atom is -0.465 e. The van der Waals surface area contributed by atoms with Gasteiger partial charge in [0.25, 0.3) is 5.91 Å². The molecule has 0 aliphatic rings. The van der Waals surface area contributed by atoms with Crippen LogP contribution >= 0.6 is 0 Å². The van der Waals surface area contributed by atoms with E-state index in [1.807, 2.05) is 24.1 Å². The molecule has 3 rings (SSSR count). The van der Waals surface area contributed by atoms with E-state index in [4.69, 9.17) is 0 Å². The molecule has 2 aromatic heterocycles. The van der Waals surface area contributed by atoms with Gasteiger partial charge in [-0.05, 0) is 54.4 Å². The van der Waals surface area contributed by atoms with Gasteiger partial charge in [-0.1, -0.05) is 6.07 Å². The van der Waals surface area contributed by atoms with E-state index >= 15 is 0 Å². The molecule has 0 aliphatic carbocycles. The first kappa shape index (κ1) is 19.9. The topological polar surface area (TPSA) is 97.3 Å². The van der Waals surface area contributed by atoms with Crippen LogP contribution in [0.2, 0.25) is 0 Å². The lowest BCUT2D eigenvalue weighted by molar-refractivity contribution is 0.0600. The zero-order valence-electron chi connectivity index (χ0n) is 16.2. The third-order valence-corrected chi connectivity index (χ3v) is 4.30. The third kappa shape index (κ3) is 5.35. The molecule has 0 unspecified atom stereocenters. The highest BCUT2D eigenvalue weighted by Crippen LogP contribution is 2.14. The summed E-state index contributed by atoms with van der Waals surface area (Å²) in [6, 6.07) is 13.8. The fraction of sp³-hybridized carbons (Fsp3) is 0.190. The number of nitrogens with one attached hydrogen (secondary N) is 1. The number of esters is 1. The number of rotatable bonds is 7. The van der Waals surface area contributed by atoms with Crippen molar-refractivity contribution in [3.05, 3.63) is 77.7 Å². The highest BCUT2D eigenvalue weighted by Gasteiger charge is 2.12. The van der Waals surface area contributed by atoms with Gasteiger partial charge in [0.1, 0.15) is 0 Å². The second kappa shape index (κ2) is 9.41. The highest BCUT2D eigenvalue weighted by molar-refractivity contribution is 6.03. The van der Waals surface area contributed by atoms with Gasteiger partial charge in [-0.2, -0.15) is 0 Å². The number of hydrogen-bond acceptors (Lipinski definition) is 7. The predicted molar refractivity (Wildman–Crippen MR) is 109 cm³/mol. The summed E-state index contributed by atoms with van der Waals surface area (Å²) < 4.78 is 4.68. The Kier molecular flexibility index (Phi) is 6.47. The first-order valence-corrected chi connectivity index (χ1v) is 9.00. The Labute approximate surface area is 168 Å². The molecule has 8 heteroatoms. The Morgan fingerprint density at radius 1 is 1.07 bits per heavy atom. The van der Waals surface area contributed by atoms with Crippen molar-refractivity contribution in [2.45, 2.75) is 6.42 Å². The second-order valence-corrected chi connectivity index (χ2v) is 6.33. The normalized spacial score (nSPS) is 10.3. The van der Waals surface area contributed by atoms with Gasteiger partial charge in [-0.25, -0.2) is 4.79 Å². The lowest BCUT2D eigenvalue weighted by atomic mass is 10.2. The molecule has 1 amide bonds. The molecule has 0 saturated carbocycles. The van der Waals surface area contributed by atoms with Gasteiger partial charge in [0.2, 0.25) is 0 Å². The maximum atomic E-state index is 12.4. The van der Waals surface area contributed by atoms with E-state index in [-0.39, 0.29) is 5.69 Å². The van der Waals surface area contributed by atoms with Crippen LogP contribution in [0.1, 0.15) is 26.4 Å². The molecule has 0 bridgehead atoms. The van der Waals surface area contributed by atoms with Crippen molar-refractivity contribution in [3.63, 3.8) is 0 Å². The largest absolute Gasteiger partial charge is 0.465 e. The van der Waals surface area contributed by atoms with Crippen LogP contribution in [0, 0.1) is 0 Å². The van der Waals surface area contributed by atoms with E-state index < -0.39 is 11.9 Å². The molecular formula is C21H21N5O3. The number of carbonyl (C=O) groups is 2. The summed E-state index contributed by atoms with van der Waals surface area (Å²) in [5, 5.41) is 10.9. The number of hydrogen-bond donors (Lipinski definition) is 1. The van der Waals surface area contributed by atoms with E-state index in [1.165, 1.54) is 12.7 Å². The average molecular weight is 391 g/mol. The SMILES string of the molecule is COC(=O)c1cccc(NC(=O)c2ccc(N(C)CCc3ccncc3)nn2)c1. The number of anilines is 2. The molecule has 2 heterocycles. The zero-order valence-corrected chi connectivity index (χ0v) is 16.2. The highest BCUT2D eigenvalue weighted by atomic mass is 16.5.